The molecule has 12 heteroatoms. The minimum atomic E-state index is -0.968. The molecule has 4 rings (SSSR count). The van der Waals surface area contributed by atoms with Gasteiger partial charge in [0.05, 0.1) is 29.2 Å². The Hall–Kier alpha value is -2.80. The van der Waals surface area contributed by atoms with E-state index >= 15 is 0 Å². The van der Waals surface area contributed by atoms with Crippen molar-refractivity contribution in [3.8, 4) is 11.4 Å². The first-order chi connectivity index (χ1) is 13.4. The standard InChI is InChI=1S/C16H16N6O5S/c17-13-10-15(20-14(19-13)7-1-3-8(4-2-7)22(25)26)21(6-18-10)16-12(28)11(24)9(5-23)27-16/h1-4,6,9,11-12,16,23-24,28H,5H2,(H2,17,19,20)/t9-,11-,12-,16-/m1/s1. The minimum Gasteiger partial charge on any atom is -0.394 e. The van der Waals surface area contributed by atoms with Crippen LogP contribution in [0.15, 0.2) is 30.6 Å². The number of anilines is 1. The number of hydrogen-bond donors (Lipinski definition) is 4. The zero-order chi connectivity index (χ0) is 20.0. The summed E-state index contributed by atoms with van der Waals surface area (Å²) in [6.45, 7) is -0.355. The lowest BCUT2D eigenvalue weighted by Crippen LogP contribution is -2.30. The third-order valence-corrected chi connectivity index (χ3v) is 5.14. The molecule has 0 bridgehead atoms. The van der Waals surface area contributed by atoms with Crippen LogP contribution in [0.5, 0.6) is 0 Å². The van der Waals surface area contributed by atoms with Crippen LogP contribution in [0.3, 0.4) is 0 Å². The summed E-state index contributed by atoms with van der Waals surface area (Å²) in [5.41, 5.74) is 7.20. The van der Waals surface area contributed by atoms with Gasteiger partial charge in [-0.15, -0.1) is 0 Å². The molecule has 4 N–H and O–H groups in total. The summed E-state index contributed by atoms with van der Waals surface area (Å²) in [5, 5.41) is 29.7. The fourth-order valence-electron chi connectivity index (χ4n) is 3.10. The number of nitro groups is 1. The molecule has 0 aliphatic carbocycles. The van der Waals surface area contributed by atoms with Gasteiger partial charge in [0.25, 0.3) is 5.69 Å². The molecule has 1 aliphatic rings. The van der Waals surface area contributed by atoms with Crippen molar-refractivity contribution in [2.75, 3.05) is 12.3 Å². The second-order valence-electron chi connectivity index (χ2n) is 6.29. The first-order valence-corrected chi connectivity index (χ1v) is 8.79. The Morgan fingerprint density at radius 1 is 1.32 bits per heavy atom. The summed E-state index contributed by atoms with van der Waals surface area (Å²) in [7, 11) is 0. The van der Waals surface area contributed by atoms with Crippen molar-refractivity contribution in [2.24, 2.45) is 0 Å². The number of nitrogen functional groups attached to an aromatic ring is 1. The summed E-state index contributed by atoms with van der Waals surface area (Å²) in [6, 6.07) is 5.75. The number of fused-ring (bicyclic) bond motifs is 1. The Balaban J connectivity index is 1.78. The maximum atomic E-state index is 10.8. The van der Waals surface area contributed by atoms with E-state index in [1.807, 2.05) is 0 Å². The average molecular weight is 404 g/mol. The number of aromatic nitrogens is 4. The van der Waals surface area contributed by atoms with Crippen molar-refractivity contribution in [1.29, 1.82) is 0 Å². The van der Waals surface area contributed by atoms with Gasteiger partial charge in [-0.25, -0.2) is 15.0 Å². The van der Waals surface area contributed by atoms with E-state index in [0.717, 1.165) is 0 Å². The number of thiol groups is 1. The molecule has 4 atom stereocenters. The van der Waals surface area contributed by atoms with E-state index in [1.165, 1.54) is 30.6 Å². The van der Waals surface area contributed by atoms with Crippen molar-refractivity contribution < 1.29 is 19.9 Å². The molecule has 0 unspecified atom stereocenters. The number of nitrogens with zero attached hydrogens (tertiary/aromatic N) is 5. The van der Waals surface area contributed by atoms with Crippen LogP contribution in [0.1, 0.15) is 6.23 Å². The highest BCUT2D eigenvalue weighted by atomic mass is 32.1. The topological polar surface area (TPSA) is 162 Å². The Morgan fingerprint density at radius 3 is 2.64 bits per heavy atom. The quantitative estimate of drug-likeness (QED) is 0.276. The lowest BCUT2D eigenvalue weighted by molar-refractivity contribution is -0.384. The smallest absolute Gasteiger partial charge is 0.269 e. The molecular formula is C16H16N6O5S. The molecule has 0 spiro atoms. The number of hydrogen-bond acceptors (Lipinski definition) is 10. The molecule has 1 fully saturated rings. The van der Waals surface area contributed by atoms with E-state index in [-0.39, 0.29) is 23.9 Å². The van der Waals surface area contributed by atoms with E-state index in [2.05, 4.69) is 27.6 Å². The van der Waals surface area contributed by atoms with E-state index < -0.39 is 28.6 Å². The lowest BCUT2D eigenvalue weighted by Gasteiger charge is -2.17. The molecule has 28 heavy (non-hydrogen) atoms. The maximum Gasteiger partial charge on any atom is 0.269 e. The Labute approximate surface area is 163 Å². The van der Waals surface area contributed by atoms with Crippen LogP contribution in [-0.4, -0.2) is 58.7 Å². The molecule has 2 aromatic heterocycles. The molecule has 146 valence electrons. The van der Waals surface area contributed by atoms with Gasteiger partial charge in [-0.3, -0.25) is 14.7 Å². The number of non-ortho nitro benzene ring substituents is 1. The summed E-state index contributed by atoms with van der Waals surface area (Å²) >= 11 is 4.39. The van der Waals surface area contributed by atoms with Gasteiger partial charge in [-0.05, 0) is 12.1 Å². The van der Waals surface area contributed by atoms with Gasteiger partial charge in [-0.2, -0.15) is 12.6 Å². The predicted molar refractivity (Wildman–Crippen MR) is 102 cm³/mol. The predicted octanol–water partition coefficient (Wildman–Crippen LogP) is 0.533. The van der Waals surface area contributed by atoms with Crippen LogP contribution in [0.2, 0.25) is 0 Å². The Morgan fingerprint density at radius 2 is 2.04 bits per heavy atom. The van der Waals surface area contributed by atoms with Crippen molar-refractivity contribution in [1.82, 2.24) is 19.5 Å². The number of imidazole rings is 1. The summed E-state index contributed by atoms with van der Waals surface area (Å²) in [5.74, 6) is 0.389. The molecule has 3 heterocycles. The first kappa shape index (κ1) is 18.6. The molecule has 0 saturated carbocycles. The molecule has 11 nitrogen and oxygen atoms in total. The number of nitrogens with two attached hydrogens (primary N) is 1. The number of benzene rings is 1. The normalized spacial score (nSPS) is 24.7. The second-order valence-corrected chi connectivity index (χ2v) is 6.89. The van der Waals surface area contributed by atoms with Crippen LogP contribution in [-0.2, 0) is 4.74 Å². The fourth-order valence-corrected chi connectivity index (χ4v) is 3.50. The van der Waals surface area contributed by atoms with Crippen molar-refractivity contribution in [2.45, 2.75) is 23.7 Å². The van der Waals surface area contributed by atoms with Gasteiger partial charge >= 0.3 is 0 Å². The number of aliphatic hydroxyl groups is 2. The van der Waals surface area contributed by atoms with Gasteiger partial charge in [0, 0.05) is 17.7 Å². The molecule has 1 aromatic carbocycles. The maximum absolute atomic E-state index is 10.8. The fraction of sp³-hybridized carbons (Fsp3) is 0.312. The number of aliphatic hydroxyl groups excluding tert-OH is 2. The van der Waals surface area contributed by atoms with Gasteiger partial charge in [0.1, 0.15) is 11.6 Å². The molecule has 1 aliphatic heterocycles. The summed E-state index contributed by atoms with van der Waals surface area (Å²) in [6.07, 6.45) is -1.02. The van der Waals surface area contributed by atoms with Crippen LogP contribution < -0.4 is 5.73 Å². The van der Waals surface area contributed by atoms with E-state index in [9.17, 15) is 20.3 Å². The van der Waals surface area contributed by atoms with Crippen molar-refractivity contribution >= 4 is 35.3 Å². The summed E-state index contributed by atoms with van der Waals surface area (Å²) in [4.78, 5) is 23.2. The highest BCUT2D eigenvalue weighted by Crippen LogP contribution is 2.35. The number of nitro benzene ring substituents is 1. The van der Waals surface area contributed by atoms with E-state index in [4.69, 9.17) is 10.5 Å². The van der Waals surface area contributed by atoms with Crippen LogP contribution >= 0.6 is 12.6 Å². The van der Waals surface area contributed by atoms with Gasteiger partial charge in [0.2, 0.25) is 0 Å². The largest absolute Gasteiger partial charge is 0.394 e. The highest BCUT2D eigenvalue weighted by molar-refractivity contribution is 7.81. The first-order valence-electron chi connectivity index (χ1n) is 8.28. The van der Waals surface area contributed by atoms with Crippen molar-refractivity contribution in [3.63, 3.8) is 0 Å². The average Bonchev–Trinajstić information content (AvgIpc) is 3.23. The van der Waals surface area contributed by atoms with Crippen molar-refractivity contribution in [3.05, 3.63) is 40.7 Å². The van der Waals surface area contributed by atoms with E-state index in [1.54, 1.807) is 4.57 Å². The van der Waals surface area contributed by atoms with Gasteiger partial charge in [-0.1, -0.05) is 0 Å². The minimum absolute atomic E-state index is 0.0517. The monoisotopic (exact) mass is 404 g/mol. The van der Waals surface area contributed by atoms with Crippen LogP contribution in [0.25, 0.3) is 22.6 Å². The summed E-state index contributed by atoms with van der Waals surface area (Å²) < 4.78 is 7.25. The molecule has 0 radical (unpaired) electrons. The zero-order valence-corrected chi connectivity index (χ0v) is 15.2. The van der Waals surface area contributed by atoms with Crippen LogP contribution in [0.4, 0.5) is 11.5 Å². The van der Waals surface area contributed by atoms with Gasteiger partial charge in [0.15, 0.2) is 23.5 Å². The third kappa shape index (κ3) is 2.96. The van der Waals surface area contributed by atoms with Gasteiger partial charge < -0.3 is 20.7 Å². The van der Waals surface area contributed by atoms with E-state index in [0.29, 0.717) is 16.7 Å². The molecule has 3 aromatic rings. The number of rotatable bonds is 4. The Bertz CT molecular complexity index is 1040. The zero-order valence-electron chi connectivity index (χ0n) is 14.3. The molecular weight excluding hydrogens is 388 g/mol. The second kappa shape index (κ2) is 6.98. The van der Waals surface area contributed by atoms with Crippen LogP contribution in [0, 0.1) is 10.1 Å². The highest BCUT2D eigenvalue weighted by Gasteiger charge is 2.43. The SMILES string of the molecule is Nc1nc(-c2ccc([N+](=O)[O-])cc2)nc2c1ncn2[C@@H]1O[C@H](CO)[C@@H](O)[C@H]1S. The number of ether oxygens (including phenoxy) is 1. The Kier molecular flexibility index (Phi) is 4.63. The lowest BCUT2D eigenvalue weighted by atomic mass is 10.2. The molecule has 1 saturated heterocycles. The third-order valence-electron chi connectivity index (χ3n) is 4.58. The molecule has 0 amide bonds.